The Morgan fingerprint density at radius 3 is 2.55 bits per heavy atom. The Morgan fingerprint density at radius 2 is 2.05 bits per heavy atom. The van der Waals surface area contributed by atoms with Crippen LogP contribution in [0.1, 0.15) is 17.5 Å². The summed E-state index contributed by atoms with van der Waals surface area (Å²) in [5.74, 6) is -0.162. The fourth-order valence-corrected chi connectivity index (χ4v) is 2.46. The minimum absolute atomic E-state index is 0.0263. The largest absolute Gasteiger partial charge is 0.416 e. The van der Waals surface area contributed by atoms with Crippen LogP contribution in [0.5, 0.6) is 0 Å². The Labute approximate surface area is 126 Å². The second-order valence-corrected chi connectivity index (χ2v) is 5.36. The van der Waals surface area contributed by atoms with Gasteiger partial charge >= 0.3 is 6.18 Å². The molecule has 0 saturated carbocycles. The molecule has 0 unspecified atom stereocenters. The van der Waals surface area contributed by atoms with Gasteiger partial charge in [-0.1, -0.05) is 12.1 Å². The number of likely N-dealkylation sites (tertiary alicyclic amines) is 1. The Hall–Kier alpha value is -2.23. The number of amides is 1. The van der Waals surface area contributed by atoms with Crippen LogP contribution in [0, 0.1) is 11.5 Å². The van der Waals surface area contributed by atoms with Gasteiger partial charge < -0.3 is 9.80 Å². The lowest BCUT2D eigenvalue weighted by Crippen LogP contribution is -2.39. The van der Waals surface area contributed by atoms with Crippen LogP contribution in [0.15, 0.2) is 24.3 Å². The molecule has 1 saturated heterocycles. The van der Waals surface area contributed by atoms with Crippen molar-refractivity contribution in [1.82, 2.24) is 9.80 Å². The minimum Gasteiger partial charge on any atom is -0.341 e. The molecule has 1 aliphatic heterocycles. The molecule has 1 aromatic rings. The number of halogens is 3. The van der Waals surface area contributed by atoms with Gasteiger partial charge in [-0.3, -0.25) is 4.79 Å². The smallest absolute Gasteiger partial charge is 0.341 e. The molecular weight excluding hydrogens is 295 g/mol. The molecule has 1 aliphatic rings. The Balaban J connectivity index is 1.96. The third kappa shape index (κ3) is 3.70. The minimum atomic E-state index is -4.37. The van der Waals surface area contributed by atoms with Gasteiger partial charge in [0.15, 0.2) is 6.19 Å². The van der Waals surface area contributed by atoms with E-state index in [0.29, 0.717) is 18.7 Å². The Bertz CT molecular complexity index is 577. The SMILES string of the molecule is CN(C(=O)Cc1ccc(C(F)(F)F)cc1)[C@@H]1CCN(C#N)C1. The van der Waals surface area contributed by atoms with E-state index in [1.54, 1.807) is 16.8 Å². The molecule has 0 radical (unpaired) electrons. The summed E-state index contributed by atoms with van der Waals surface area (Å²) < 4.78 is 37.4. The monoisotopic (exact) mass is 311 g/mol. The van der Waals surface area contributed by atoms with Gasteiger partial charge in [-0.2, -0.15) is 18.4 Å². The van der Waals surface area contributed by atoms with E-state index in [4.69, 9.17) is 5.26 Å². The van der Waals surface area contributed by atoms with Gasteiger partial charge in [0, 0.05) is 20.1 Å². The quantitative estimate of drug-likeness (QED) is 0.805. The lowest BCUT2D eigenvalue weighted by molar-refractivity contribution is -0.137. The van der Waals surface area contributed by atoms with E-state index >= 15 is 0 Å². The van der Waals surface area contributed by atoms with Gasteiger partial charge in [-0.15, -0.1) is 0 Å². The molecule has 1 amide bonds. The zero-order valence-electron chi connectivity index (χ0n) is 12.1. The van der Waals surface area contributed by atoms with Crippen molar-refractivity contribution in [3.8, 4) is 6.19 Å². The molecule has 0 aromatic heterocycles. The number of nitriles is 1. The van der Waals surface area contributed by atoms with Crippen molar-refractivity contribution in [2.45, 2.75) is 25.1 Å². The van der Waals surface area contributed by atoms with Gasteiger partial charge in [-0.25, -0.2) is 0 Å². The first-order valence-corrected chi connectivity index (χ1v) is 6.87. The van der Waals surface area contributed by atoms with Crippen LogP contribution in [0.2, 0.25) is 0 Å². The number of carbonyl (C=O) groups is 1. The molecule has 0 spiro atoms. The molecule has 1 aromatic carbocycles. The fraction of sp³-hybridized carbons (Fsp3) is 0.467. The molecule has 0 N–H and O–H groups in total. The topological polar surface area (TPSA) is 47.3 Å². The normalized spacial score (nSPS) is 18.1. The van der Waals surface area contributed by atoms with Crippen molar-refractivity contribution in [3.63, 3.8) is 0 Å². The summed E-state index contributed by atoms with van der Waals surface area (Å²) in [6, 6.07) is 4.59. The molecule has 7 heteroatoms. The predicted molar refractivity (Wildman–Crippen MR) is 73.5 cm³/mol. The van der Waals surface area contributed by atoms with Crippen molar-refractivity contribution in [2.75, 3.05) is 20.1 Å². The zero-order chi connectivity index (χ0) is 16.3. The highest BCUT2D eigenvalue weighted by molar-refractivity contribution is 5.78. The first kappa shape index (κ1) is 16.1. The Kier molecular flexibility index (Phi) is 4.59. The van der Waals surface area contributed by atoms with E-state index in [0.717, 1.165) is 18.6 Å². The highest BCUT2D eigenvalue weighted by Gasteiger charge is 2.30. The average molecular weight is 311 g/mol. The van der Waals surface area contributed by atoms with Gasteiger partial charge in [0.05, 0.1) is 18.0 Å². The third-order valence-electron chi connectivity index (χ3n) is 3.88. The van der Waals surface area contributed by atoms with E-state index in [1.165, 1.54) is 12.1 Å². The van der Waals surface area contributed by atoms with Gasteiger partial charge in [-0.05, 0) is 24.1 Å². The van der Waals surface area contributed by atoms with E-state index < -0.39 is 11.7 Å². The predicted octanol–water partition coefficient (Wildman–Crippen LogP) is 2.26. The number of benzene rings is 1. The van der Waals surface area contributed by atoms with Crippen molar-refractivity contribution in [2.24, 2.45) is 0 Å². The standard InChI is InChI=1S/C15H16F3N3O/c1-20(13-6-7-21(9-13)10-19)14(22)8-11-2-4-12(5-3-11)15(16,17)18/h2-5,13H,6-9H2,1H3/t13-/m1/s1. The molecule has 1 heterocycles. The summed E-state index contributed by atoms with van der Waals surface area (Å²) >= 11 is 0. The first-order valence-electron chi connectivity index (χ1n) is 6.87. The highest BCUT2D eigenvalue weighted by Crippen LogP contribution is 2.29. The lowest BCUT2D eigenvalue weighted by Gasteiger charge is -2.24. The van der Waals surface area contributed by atoms with Crippen LogP contribution in [-0.4, -0.2) is 41.9 Å². The average Bonchev–Trinajstić information content (AvgIpc) is 2.95. The number of likely N-dealkylation sites (N-methyl/N-ethyl adjacent to an activating group) is 1. The molecule has 4 nitrogen and oxygen atoms in total. The van der Waals surface area contributed by atoms with E-state index in [9.17, 15) is 18.0 Å². The van der Waals surface area contributed by atoms with E-state index in [1.807, 2.05) is 6.19 Å². The number of hydrogen-bond donors (Lipinski definition) is 0. The number of nitrogens with zero attached hydrogens (tertiary/aromatic N) is 3. The summed E-state index contributed by atoms with van der Waals surface area (Å²) in [6.45, 7) is 1.13. The first-order chi connectivity index (χ1) is 10.3. The number of hydrogen-bond acceptors (Lipinski definition) is 3. The van der Waals surface area contributed by atoms with E-state index in [-0.39, 0.29) is 18.4 Å². The van der Waals surface area contributed by atoms with Crippen LogP contribution in [0.3, 0.4) is 0 Å². The second-order valence-electron chi connectivity index (χ2n) is 5.36. The maximum Gasteiger partial charge on any atom is 0.416 e. The highest BCUT2D eigenvalue weighted by atomic mass is 19.4. The molecule has 22 heavy (non-hydrogen) atoms. The summed E-state index contributed by atoms with van der Waals surface area (Å²) in [5, 5.41) is 8.81. The number of carbonyl (C=O) groups excluding carboxylic acids is 1. The van der Waals surface area contributed by atoms with Crippen LogP contribution in [0.4, 0.5) is 13.2 Å². The molecular formula is C15H16F3N3O. The van der Waals surface area contributed by atoms with Gasteiger partial charge in [0.2, 0.25) is 5.91 Å². The Morgan fingerprint density at radius 1 is 1.41 bits per heavy atom. The van der Waals surface area contributed by atoms with E-state index in [2.05, 4.69) is 0 Å². The summed E-state index contributed by atoms with van der Waals surface area (Å²) in [5.41, 5.74) is -0.183. The third-order valence-corrected chi connectivity index (χ3v) is 3.88. The van der Waals surface area contributed by atoms with Crippen molar-refractivity contribution < 1.29 is 18.0 Å². The molecule has 2 rings (SSSR count). The lowest BCUT2D eigenvalue weighted by atomic mass is 10.1. The van der Waals surface area contributed by atoms with Gasteiger partial charge in [0.25, 0.3) is 0 Å². The van der Waals surface area contributed by atoms with Crippen molar-refractivity contribution in [3.05, 3.63) is 35.4 Å². The molecule has 1 fully saturated rings. The molecule has 0 bridgehead atoms. The van der Waals surface area contributed by atoms with Crippen molar-refractivity contribution >= 4 is 5.91 Å². The van der Waals surface area contributed by atoms with Gasteiger partial charge in [0.1, 0.15) is 0 Å². The zero-order valence-corrected chi connectivity index (χ0v) is 12.1. The van der Waals surface area contributed by atoms with Crippen LogP contribution in [0.25, 0.3) is 0 Å². The molecule has 0 aliphatic carbocycles. The summed E-state index contributed by atoms with van der Waals surface area (Å²) in [6.07, 6.45) is -1.55. The fourth-order valence-electron chi connectivity index (χ4n) is 2.46. The van der Waals surface area contributed by atoms with Crippen LogP contribution >= 0.6 is 0 Å². The van der Waals surface area contributed by atoms with Crippen LogP contribution in [-0.2, 0) is 17.4 Å². The maximum atomic E-state index is 12.5. The molecule has 118 valence electrons. The number of alkyl halides is 3. The maximum absolute atomic E-state index is 12.5. The second kappa shape index (κ2) is 6.26. The number of rotatable bonds is 3. The van der Waals surface area contributed by atoms with Crippen molar-refractivity contribution in [1.29, 1.82) is 5.26 Å². The van der Waals surface area contributed by atoms with Crippen LogP contribution < -0.4 is 0 Å². The molecule has 1 atom stereocenters. The summed E-state index contributed by atoms with van der Waals surface area (Å²) in [7, 11) is 1.66. The summed E-state index contributed by atoms with van der Waals surface area (Å²) in [4.78, 5) is 15.3.